The van der Waals surface area contributed by atoms with Crippen LogP contribution in [0.5, 0.6) is 5.75 Å². The number of esters is 1. The van der Waals surface area contributed by atoms with Crippen molar-refractivity contribution >= 4 is 5.97 Å². The van der Waals surface area contributed by atoms with Crippen LogP contribution in [0.1, 0.15) is 75.6 Å². The Labute approximate surface area is 197 Å². The van der Waals surface area contributed by atoms with Crippen LogP contribution < -0.4 is 4.74 Å². The van der Waals surface area contributed by atoms with Crippen LogP contribution in [0.15, 0.2) is 36.4 Å². The summed E-state index contributed by atoms with van der Waals surface area (Å²) in [7, 11) is 0. The van der Waals surface area contributed by atoms with Gasteiger partial charge in [0.15, 0.2) is 17.7 Å². The quantitative estimate of drug-likeness (QED) is 0.162. The van der Waals surface area contributed by atoms with Crippen LogP contribution >= 0.6 is 0 Å². The lowest BCUT2D eigenvalue weighted by molar-refractivity contribution is -0.206. The zero-order chi connectivity index (χ0) is 25.1. The summed E-state index contributed by atoms with van der Waals surface area (Å²) >= 11 is 0. The zero-order valence-corrected chi connectivity index (χ0v) is 19.5. The van der Waals surface area contributed by atoms with Gasteiger partial charge in [0.2, 0.25) is 0 Å². The van der Waals surface area contributed by atoms with Crippen LogP contribution in [0.4, 0.5) is 22.0 Å². The molecule has 1 atom stereocenters. The first kappa shape index (κ1) is 27.6. The van der Waals surface area contributed by atoms with Gasteiger partial charge >= 0.3 is 12.1 Å². The summed E-state index contributed by atoms with van der Waals surface area (Å²) in [5, 5.41) is 0. The number of rotatable bonds is 13. The first-order valence-electron chi connectivity index (χ1n) is 11.7. The Kier molecular flexibility index (Phi) is 10.8. The highest BCUT2D eigenvalue weighted by atomic mass is 19.4. The van der Waals surface area contributed by atoms with Gasteiger partial charge in [-0.3, -0.25) is 0 Å². The second kappa shape index (κ2) is 13.3. The van der Waals surface area contributed by atoms with E-state index in [9.17, 15) is 26.7 Å². The summed E-state index contributed by atoms with van der Waals surface area (Å²) in [5.74, 6) is -3.85. The highest BCUT2D eigenvalue weighted by Gasteiger charge is 2.42. The maximum Gasteiger partial charge on any atom is 0.425 e. The average molecular weight is 487 g/mol. The van der Waals surface area contributed by atoms with E-state index >= 15 is 0 Å². The largest absolute Gasteiger partial charge is 0.494 e. The monoisotopic (exact) mass is 486 g/mol. The van der Waals surface area contributed by atoms with E-state index in [1.165, 1.54) is 0 Å². The van der Waals surface area contributed by atoms with Gasteiger partial charge in [-0.05, 0) is 43.0 Å². The molecule has 0 saturated heterocycles. The SMILES string of the molecule is CCCCCCOc1ccc(-c2ccc(C(=O)OC(CCCCC)C(F)(F)F)c(F)c2F)cc1. The Morgan fingerprint density at radius 1 is 0.853 bits per heavy atom. The van der Waals surface area contributed by atoms with Gasteiger partial charge in [-0.25, -0.2) is 13.6 Å². The molecule has 0 aliphatic heterocycles. The number of unbranched alkanes of at least 4 members (excludes halogenated alkanes) is 5. The van der Waals surface area contributed by atoms with Crippen molar-refractivity contribution in [2.24, 2.45) is 0 Å². The number of halogens is 5. The molecule has 0 amide bonds. The average Bonchev–Trinajstić information content (AvgIpc) is 2.80. The minimum Gasteiger partial charge on any atom is -0.494 e. The second-order valence-electron chi connectivity index (χ2n) is 8.15. The van der Waals surface area contributed by atoms with Crippen LogP contribution in [0, 0.1) is 11.6 Å². The predicted octanol–water partition coefficient (Wildman–Crippen LogP) is 8.26. The number of hydrogen-bond acceptors (Lipinski definition) is 3. The van der Waals surface area contributed by atoms with Gasteiger partial charge in [0.25, 0.3) is 0 Å². The zero-order valence-electron chi connectivity index (χ0n) is 19.5. The molecule has 2 rings (SSSR count). The van der Waals surface area contributed by atoms with E-state index in [1.807, 2.05) is 6.92 Å². The highest BCUT2D eigenvalue weighted by molar-refractivity contribution is 5.90. The van der Waals surface area contributed by atoms with E-state index in [0.29, 0.717) is 30.8 Å². The molecule has 0 heterocycles. The first-order chi connectivity index (χ1) is 16.2. The molecule has 0 spiro atoms. The van der Waals surface area contributed by atoms with Crippen molar-refractivity contribution in [2.45, 2.75) is 77.5 Å². The lowest BCUT2D eigenvalue weighted by atomic mass is 10.0. The number of hydrogen-bond donors (Lipinski definition) is 0. The third-order valence-corrected chi connectivity index (χ3v) is 5.42. The van der Waals surface area contributed by atoms with Crippen molar-refractivity contribution in [3.63, 3.8) is 0 Å². The van der Waals surface area contributed by atoms with Gasteiger partial charge in [0.1, 0.15) is 5.75 Å². The fourth-order valence-electron chi connectivity index (χ4n) is 3.44. The molecule has 2 aromatic carbocycles. The van der Waals surface area contributed by atoms with Crippen LogP contribution in [-0.2, 0) is 4.74 Å². The molecule has 0 fully saturated rings. The summed E-state index contributed by atoms with van der Waals surface area (Å²) in [6.45, 7) is 4.49. The van der Waals surface area contributed by atoms with Crippen molar-refractivity contribution < 1.29 is 36.2 Å². The number of carbonyl (C=O) groups is 1. The van der Waals surface area contributed by atoms with Crippen molar-refractivity contribution in [3.05, 3.63) is 53.6 Å². The molecular formula is C26H31F5O3. The summed E-state index contributed by atoms with van der Waals surface area (Å²) < 4.78 is 79.1. The molecule has 2 aromatic rings. The molecule has 188 valence electrons. The molecule has 0 N–H and O–H groups in total. The lowest BCUT2D eigenvalue weighted by Gasteiger charge is -2.21. The van der Waals surface area contributed by atoms with Crippen LogP contribution in [0.25, 0.3) is 11.1 Å². The van der Waals surface area contributed by atoms with Gasteiger partial charge in [-0.15, -0.1) is 0 Å². The van der Waals surface area contributed by atoms with E-state index in [-0.39, 0.29) is 12.0 Å². The fraction of sp³-hybridized carbons (Fsp3) is 0.500. The number of carbonyl (C=O) groups excluding carboxylic acids is 1. The molecule has 0 bridgehead atoms. The number of benzene rings is 2. The Bertz CT molecular complexity index is 910. The Morgan fingerprint density at radius 2 is 1.50 bits per heavy atom. The predicted molar refractivity (Wildman–Crippen MR) is 121 cm³/mol. The van der Waals surface area contributed by atoms with E-state index < -0.39 is 41.9 Å². The van der Waals surface area contributed by atoms with Crippen molar-refractivity contribution in [2.75, 3.05) is 6.61 Å². The number of ether oxygens (including phenoxy) is 2. The standard InChI is InChI=1S/C26H31F5O3/c1-3-5-7-9-17-33-19-13-11-18(12-14-19)20-15-16-21(24(28)23(20)27)25(32)34-22(26(29,30)31)10-8-6-4-2/h11-16,22H,3-10,17H2,1-2H3. The second-order valence-corrected chi connectivity index (χ2v) is 8.15. The van der Waals surface area contributed by atoms with Gasteiger partial charge in [0.05, 0.1) is 12.2 Å². The van der Waals surface area contributed by atoms with Crippen LogP contribution in [-0.4, -0.2) is 24.9 Å². The highest BCUT2D eigenvalue weighted by Crippen LogP contribution is 2.31. The summed E-state index contributed by atoms with van der Waals surface area (Å²) in [5.41, 5.74) is -0.667. The minimum atomic E-state index is -4.79. The van der Waals surface area contributed by atoms with Gasteiger partial charge < -0.3 is 9.47 Å². The molecule has 8 heteroatoms. The van der Waals surface area contributed by atoms with Crippen molar-refractivity contribution in [3.8, 4) is 16.9 Å². The van der Waals surface area contributed by atoms with E-state index in [2.05, 4.69) is 11.7 Å². The maximum absolute atomic E-state index is 14.7. The Hall–Kier alpha value is -2.64. The fourth-order valence-corrected chi connectivity index (χ4v) is 3.44. The van der Waals surface area contributed by atoms with Crippen LogP contribution in [0.2, 0.25) is 0 Å². The molecular weight excluding hydrogens is 455 g/mol. The molecule has 3 nitrogen and oxygen atoms in total. The van der Waals surface area contributed by atoms with E-state index in [4.69, 9.17) is 4.74 Å². The lowest BCUT2D eigenvalue weighted by Crippen LogP contribution is -2.34. The van der Waals surface area contributed by atoms with E-state index in [1.54, 1.807) is 24.3 Å². The molecule has 0 aromatic heterocycles. The third-order valence-electron chi connectivity index (χ3n) is 5.42. The molecule has 1 unspecified atom stereocenters. The normalized spacial score (nSPS) is 12.4. The topological polar surface area (TPSA) is 35.5 Å². The van der Waals surface area contributed by atoms with Gasteiger partial charge in [0, 0.05) is 5.56 Å². The van der Waals surface area contributed by atoms with Crippen molar-refractivity contribution in [1.29, 1.82) is 0 Å². The smallest absolute Gasteiger partial charge is 0.425 e. The van der Waals surface area contributed by atoms with Crippen molar-refractivity contribution in [1.82, 2.24) is 0 Å². The van der Waals surface area contributed by atoms with Gasteiger partial charge in [-0.1, -0.05) is 64.2 Å². The number of alkyl halides is 3. The Morgan fingerprint density at radius 3 is 2.12 bits per heavy atom. The third kappa shape index (κ3) is 7.99. The Balaban J connectivity index is 2.11. The molecule has 34 heavy (non-hydrogen) atoms. The summed E-state index contributed by atoms with van der Waals surface area (Å²) in [4.78, 5) is 12.2. The first-order valence-corrected chi connectivity index (χ1v) is 11.7. The van der Waals surface area contributed by atoms with E-state index in [0.717, 1.165) is 37.8 Å². The van der Waals surface area contributed by atoms with Crippen LogP contribution in [0.3, 0.4) is 0 Å². The molecule has 0 saturated carbocycles. The summed E-state index contributed by atoms with van der Waals surface area (Å²) in [6, 6.07) is 8.43. The minimum absolute atomic E-state index is 0.126. The molecule has 0 radical (unpaired) electrons. The summed E-state index contributed by atoms with van der Waals surface area (Å²) in [6.07, 6.45) is -1.95. The van der Waals surface area contributed by atoms with Gasteiger partial charge in [-0.2, -0.15) is 13.2 Å². The molecule has 0 aliphatic rings. The maximum atomic E-state index is 14.7. The molecule has 0 aliphatic carbocycles.